The van der Waals surface area contributed by atoms with Gasteiger partial charge in [-0.1, -0.05) is 41.0 Å². The van der Waals surface area contributed by atoms with Crippen LogP contribution in [-0.4, -0.2) is 21.2 Å². The molecule has 0 radical (unpaired) electrons. The van der Waals surface area contributed by atoms with Crippen molar-refractivity contribution in [2.45, 2.75) is 37.4 Å². The van der Waals surface area contributed by atoms with Gasteiger partial charge < -0.3 is 5.32 Å². The van der Waals surface area contributed by atoms with Gasteiger partial charge in [0.05, 0.1) is 21.8 Å². The van der Waals surface area contributed by atoms with Crippen molar-refractivity contribution in [3.63, 3.8) is 0 Å². The highest BCUT2D eigenvalue weighted by molar-refractivity contribution is 7.99. The Labute approximate surface area is 192 Å². The number of aryl methyl sites for hydroxylation is 2. The summed E-state index contributed by atoms with van der Waals surface area (Å²) in [4.78, 5) is 32.4. The number of hydrogen-bond donors (Lipinski definition) is 1. The van der Waals surface area contributed by atoms with Crippen LogP contribution in [0.15, 0.2) is 40.8 Å². The predicted molar refractivity (Wildman–Crippen MR) is 127 cm³/mol. The second kappa shape index (κ2) is 9.14. The SMILES string of the molecule is C=CCn1c(SCC(=O)Nc2ccc(Cl)cc2Cl)nc2sc3c(c2c1=O)CCCC3. The van der Waals surface area contributed by atoms with E-state index < -0.39 is 0 Å². The van der Waals surface area contributed by atoms with Crippen LogP contribution in [0.3, 0.4) is 0 Å². The summed E-state index contributed by atoms with van der Waals surface area (Å²) < 4.78 is 1.60. The Kier molecular flexibility index (Phi) is 6.53. The highest BCUT2D eigenvalue weighted by Crippen LogP contribution is 2.34. The Morgan fingerprint density at radius 3 is 2.90 bits per heavy atom. The molecule has 0 fully saturated rings. The number of thiophene rings is 1. The van der Waals surface area contributed by atoms with Crippen molar-refractivity contribution < 1.29 is 4.79 Å². The molecule has 0 saturated heterocycles. The quantitative estimate of drug-likeness (QED) is 0.285. The molecule has 1 aromatic carbocycles. The Morgan fingerprint density at radius 2 is 2.13 bits per heavy atom. The summed E-state index contributed by atoms with van der Waals surface area (Å²) in [5.74, 6) is -0.145. The van der Waals surface area contributed by atoms with Crippen molar-refractivity contribution in [1.29, 1.82) is 0 Å². The molecule has 0 unspecified atom stereocenters. The third kappa shape index (κ3) is 4.30. The van der Waals surface area contributed by atoms with Crippen LogP contribution < -0.4 is 10.9 Å². The van der Waals surface area contributed by atoms with Crippen molar-refractivity contribution in [2.75, 3.05) is 11.1 Å². The first-order valence-electron chi connectivity index (χ1n) is 9.51. The predicted octanol–water partition coefficient (Wildman–Crippen LogP) is 5.56. The van der Waals surface area contributed by atoms with E-state index in [-0.39, 0.29) is 17.2 Å². The summed E-state index contributed by atoms with van der Waals surface area (Å²) in [6.07, 6.45) is 5.85. The zero-order chi connectivity index (χ0) is 21.3. The molecule has 0 aliphatic heterocycles. The van der Waals surface area contributed by atoms with E-state index in [2.05, 4.69) is 11.9 Å². The maximum absolute atomic E-state index is 13.2. The van der Waals surface area contributed by atoms with Crippen molar-refractivity contribution in [3.8, 4) is 0 Å². The highest BCUT2D eigenvalue weighted by atomic mass is 35.5. The molecule has 156 valence electrons. The average molecular weight is 480 g/mol. The fourth-order valence-corrected chi connectivity index (χ4v) is 6.09. The highest BCUT2D eigenvalue weighted by Gasteiger charge is 2.22. The molecule has 5 nitrogen and oxygen atoms in total. The van der Waals surface area contributed by atoms with Gasteiger partial charge in [-0.25, -0.2) is 4.98 Å². The van der Waals surface area contributed by atoms with Gasteiger partial charge in [0.2, 0.25) is 5.91 Å². The van der Waals surface area contributed by atoms with Crippen molar-refractivity contribution in [1.82, 2.24) is 9.55 Å². The maximum Gasteiger partial charge on any atom is 0.263 e. The van der Waals surface area contributed by atoms with E-state index in [0.717, 1.165) is 41.5 Å². The fourth-order valence-electron chi connectivity index (χ4n) is 3.53. The molecule has 30 heavy (non-hydrogen) atoms. The van der Waals surface area contributed by atoms with Crippen LogP contribution in [0.4, 0.5) is 5.69 Å². The summed E-state index contributed by atoms with van der Waals surface area (Å²) >= 11 is 14.8. The van der Waals surface area contributed by atoms with Crippen LogP contribution >= 0.6 is 46.3 Å². The smallest absolute Gasteiger partial charge is 0.263 e. The Bertz CT molecular complexity index is 1200. The lowest BCUT2D eigenvalue weighted by Gasteiger charge is -2.12. The number of aromatic nitrogens is 2. The van der Waals surface area contributed by atoms with Gasteiger partial charge in [-0.3, -0.25) is 14.2 Å². The molecule has 0 atom stereocenters. The van der Waals surface area contributed by atoms with Crippen molar-refractivity contribution in [3.05, 3.63) is 61.7 Å². The molecular formula is C21H19Cl2N3O2S2. The van der Waals surface area contributed by atoms with E-state index in [1.165, 1.54) is 16.6 Å². The molecule has 1 N–H and O–H groups in total. The number of carbonyl (C=O) groups excluding carboxylic acids is 1. The molecule has 1 amide bonds. The summed E-state index contributed by atoms with van der Waals surface area (Å²) in [5.41, 5.74) is 1.59. The molecule has 0 spiro atoms. The number of anilines is 1. The van der Waals surface area contributed by atoms with Gasteiger partial charge in [0.15, 0.2) is 5.16 Å². The zero-order valence-corrected chi connectivity index (χ0v) is 19.2. The topological polar surface area (TPSA) is 64.0 Å². The Balaban J connectivity index is 1.60. The lowest BCUT2D eigenvalue weighted by molar-refractivity contribution is -0.113. The van der Waals surface area contributed by atoms with Gasteiger partial charge in [0.1, 0.15) is 4.83 Å². The van der Waals surface area contributed by atoms with Gasteiger partial charge in [0, 0.05) is 16.4 Å². The molecule has 4 rings (SSSR count). The van der Waals surface area contributed by atoms with Gasteiger partial charge >= 0.3 is 0 Å². The van der Waals surface area contributed by atoms with E-state index >= 15 is 0 Å². The van der Waals surface area contributed by atoms with Crippen LogP contribution in [0.25, 0.3) is 10.2 Å². The molecule has 9 heteroatoms. The van der Waals surface area contributed by atoms with E-state index in [9.17, 15) is 9.59 Å². The molecule has 2 heterocycles. The monoisotopic (exact) mass is 479 g/mol. The maximum atomic E-state index is 13.2. The fraction of sp³-hybridized carbons (Fsp3) is 0.286. The first-order valence-corrected chi connectivity index (χ1v) is 12.1. The second-order valence-corrected chi connectivity index (χ2v) is 9.82. The standard InChI is InChI=1S/C21H19Cl2N3O2S2/c1-2-9-26-20(28)18-13-5-3-4-6-16(13)30-19(18)25-21(26)29-11-17(27)24-15-8-7-12(22)10-14(15)23/h2,7-8,10H,1,3-6,9,11H2,(H,24,27). The number of allylic oxidation sites excluding steroid dienone is 1. The Hall–Kier alpha value is -1.80. The van der Waals surface area contributed by atoms with Gasteiger partial charge in [-0.05, 0) is 49.4 Å². The van der Waals surface area contributed by atoms with E-state index in [1.54, 1.807) is 40.2 Å². The minimum absolute atomic E-state index is 0.0528. The lowest BCUT2D eigenvalue weighted by atomic mass is 9.97. The summed E-state index contributed by atoms with van der Waals surface area (Å²) in [6, 6.07) is 4.88. The number of benzene rings is 1. The molecule has 1 aliphatic rings. The van der Waals surface area contributed by atoms with Crippen molar-refractivity contribution >= 4 is 68.1 Å². The summed E-state index contributed by atoms with van der Waals surface area (Å²) in [7, 11) is 0. The molecular weight excluding hydrogens is 461 g/mol. The van der Waals surface area contributed by atoms with Gasteiger partial charge in [-0.2, -0.15) is 0 Å². The van der Waals surface area contributed by atoms with Crippen LogP contribution in [0, 0.1) is 0 Å². The molecule has 1 aliphatic carbocycles. The number of carbonyl (C=O) groups is 1. The normalized spacial score (nSPS) is 13.3. The number of amides is 1. The molecule has 3 aromatic rings. The van der Waals surface area contributed by atoms with Gasteiger partial charge in [-0.15, -0.1) is 17.9 Å². The second-order valence-electron chi connectivity index (χ2n) is 6.95. The average Bonchev–Trinajstić information content (AvgIpc) is 3.09. The minimum Gasteiger partial charge on any atom is -0.324 e. The number of hydrogen-bond acceptors (Lipinski definition) is 5. The third-order valence-electron chi connectivity index (χ3n) is 4.89. The molecule has 0 saturated carbocycles. The summed E-state index contributed by atoms with van der Waals surface area (Å²) in [5, 5.41) is 4.88. The lowest BCUT2D eigenvalue weighted by Crippen LogP contribution is -2.24. The van der Waals surface area contributed by atoms with Crippen molar-refractivity contribution in [2.24, 2.45) is 0 Å². The number of thioether (sulfide) groups is 1. The third-order valence-corrected chi connectivity index (χ3v) is 7.60. The molecule has 0 bridgehead atoms. The Morgan fingerprint density at radius 1 is 1.33 bits per heavy atom. The van der Waals surface area contributed by atoms with Crippen LogP contribution in [0.5, 0.6) is 0 Å². The van der Waals surface area contributed by atoms with Gasteiger partial charge in [0.25, 0.3) is 5.56 Å². The molecule has 2 aromatic heterocycles. The van der Waals surface area contributed by atoms with Crippen LogP contribution in [0.1, 0.15) is 23.3 Å². The van der Waals surface area contributed by atoms with E-state index in [4.69, 9.17) is 28.2 Å². The van der Waals surface area contributed by atoms with Crippen LogP contribution in [0.2, 0.25) is 10.0 Å². The number of nitrogens with zero attached hydrogens (tertiary/aromatic N) is 2. The minimum atomic E-state index is -0.241. The number of fused-ring (bicyclic) bond motifs is 3. The zero-order valence-electron chi connectivity index (χ0n) is 16.0. The van der Waals surface area contributed by atoms with E-state index in [0.29, 0.717) is 27.4 Å². The summed E-state index contributed by atoms with van der Waals surface area (Å²) in [6.45, 7) is 4.11. The number of nitrogens with one attached hydrogen (secondary N) is 1. The number of rotatable bonds is 6. The van der Waals surface area contributed by atoms with E-state index in [1.807, 2.05) is 0 Å². The largest absolute Gasteiger partial charge is 0.324 e. The first kappa shape index (κ1) is 21.4. The van der Waals surface area contributed by atoms with Crippen LogP contribution in [-0.2, 0) is 24.2 Å². The number of halogens is 2. The first-order chi connectivity index (χ1) is 14.5.